The van der Waals surface area contributed by atoms with E-state index in [4.69, 9.17) is 50.0 Å². The van der Waals surface area contributed by atoms with Crippen LogP contribution in [0.1, 0.15) is 0 Å². The molecule has 0 aliphatic carbocycles. The van der Waals surface area contributed by atoms with Crippen molar-refractivity contribution in [3.8, 4) is 0 Å². The number of aliphatic hydroxyl groups excluding tert-OH is 3. The number of halogens is 2. The topological polar surface area (TPSA) is 204 Å². The van der Waals surface area contributed by atoms with Crippen LogP contribution >= 0.6 is 18.8 Å². The predicted octanol–water partition coefficient (Wildman–Crippen LogP) is 1.82. The smallest absolute Gasteiger partial charge is 0.0340 e. The van der Waals surface area contributed by atoms with E-state index in [1.165, 1.54) is 0 Å². The minimum Gasteiger partial charge on any atom is -0.693 e. The fourth-order valence-corrected chi connectivity index (χ4v) is 0.150. The van der Waals surface area contributed by atoms with E-state index in [0.29, 0.717) is 0 Å². The largest absolute Gasteiger partial charge is 0.693 e. The third-order valence-corrected chi connectivity index (χ3v) is 0.908. The van der Waals surface area contributed by atoms with Crippen LogP contribution in [-0.2, 0) is 16.5 Å². The SMILES string of the molecule is O=N[O-].[Cl][Pt][Cl].[NH-]C(CO)(CO)CO.[NH2-].[NH2-]. The zero-order valence-electron chi connectivity index (χ0n) is 7.95. The summed E-state index contributed by atoms with van der Waals surface area (Å²) in [5, 5.41) is 33.8. The van der Waals surface area contributed by atoms with Crippen molar-refractivity contribution in [3.63, 3.8) is 0 Å². The number of rotatable bonds is 3. The van der Waals surface area contributed by atoms with Gasteiger partial charge < -0.3 is 43.5 Å². The monoisotopic (exact) mass is 463 g/mol. The fraction of sp³-hybridized carbons (Fsp3) is 1.00. The first-order valence-corrected chi connectivity index (χ1v) is 8.49. The zero-order valence-corrected chi connectivity index (χ0v) is 11.7. The van der Waals surface area contributed by atoms with E-state index in [1.807, 2.05) is 0 Å². The summed E-state index contributed by atoms with van der Waals surface area (Å²) in [6, 6.07) is 0. The Labute approximate surface area is 109 Å². The average Bonchev–Trinajstić information content (AvgIpc) is 2.19. The van der Waals surface area contributed by atoms with Crippen molar-refractivity contribution in [3.05, 3.63) is 28.1 Å². The standard InChI is InChI=1S/C4H10NO3.2ClH.HNO2.2H2N.Pt/c5-4(1-6,2-7)3-8;;;2-1-3;;;/h5-8H,1-3H2;2*1H;(H,2,3);2*1H2;/q-1;;;;2*-1;+2/p-3. The molecule has 0 fully saturated rings. The first-order chi connectivity index (χ1) is 6.51. The van der Waals surface area contributed by atoms with Gasteiger partial charge in [-0.25, -0.2) is 0 Å². The van der Waals surface area contributed by atoms with Gasteiger partial charge in [0.2, 0.25) is 0 Å². The van der Waals surface area contributed by atoms with Gasteiger partial charge in [0.15, 0.2) is 0 Å². The molecule has 9 nitrogen and oxygen atoms in total. The Balaban J connectivity index is -0.0000000434. The van der Waals surface area contributed by atoms with Crippen LogP contribution in [0.2, 0.25) is 0 Å². The summed E-state index contributed by atoms with van der Waals surface area (Å²) in [7, 11) is 9.75. The van der Waals surface area contributed by atoms with Crippen molar-refractivity contribution in [1.82, 2.24) is 0 Å². The van der Waals surface area contributed by atoms with Crippen molar-refractivity contribution in [2.24, 2.45) is 5.34 Å². The summed E-state index contributed by atoms with van der Waals surface area (Å²) >= 11 is -0.472. The van der Waals surface area contributed by atoms with E-state index < -0.39 is 41.8 Å². The average molecular weight is 464 g/mol. The molecule has 12 heteroatoms. The molecule has 0 atom stereocenters. The van der Waals surface area contributed by atoms with Crippen LogP contribution < -0.4 is 0 Å². The summed E-state index contributed by atoms with van der Waals surface area (Å²) in [6.45, 7) is -1.54. The van der Waals surface area contributed by atoms with E-state index in [0.717, 1.165) is 5.34 Å². The van der Waals surface area contributed by atoms with Crippen LogP contribution in [0, 0.1) is 10.1 Å². The molecule has 0 amide bonds. The maximum atomic E-state index is 8.28. The van der Waals surface area contributed by atoms with E-state index in [9.17, 15) is 0 Å². The van der Waals surface area contributed by atoms with Gasteiger partial charge in [-0.05, 0) is 0 Å². The molecule has 0 aromatic rings. The molecule has 0 saturated carbocycles. The van der Waals surface area contributed by atoms with Crippen LogP contribution in [0.3, 0.4) is 0 Å². The van der Waals surface area contributed by atoms with Crippen molar-refractivity contribution >= 4 is 18.8 Å². The van der Waals surface area contributed by atoms with Crippen molar-refractivity contribution in [2.75, 3.05) is 19.8 Å². The molecule has 0 aromatic carbocycles. The summed E-state index contributed by atoms with van der Waals surface area (Å²) in [5.74, 6) is 0. The molecule has 0 aliphatic heterocycles. The Bertz CT molecular complexity index is 114. The Morgan fingerprint density at radius 1 is 1.19 bits per heavy atom. The molecule has 0 radical (unpaired) electrons. The molecule has 0 bridgehead atoms. The molecule has 0 heterocycles. The van der Waals surface area contributed by atoms with Crippen molar-refractivity contribution in [1.29, 1.82) is 0 Å². The van der Waals surface area contributed by atoms with Gasteiger partial charge in [0.05, 0.1) is 0 Å². The van der Waals surface area contributed by atoms with Gasteiger partial charge >= 0.3 is 35.3 Å². The van der Waals surface area contributed by atoms with E-state index in [2.05, 4.69) is 0 Å². The number of hydrogen-bond donors (Lipinski definition) is 3. The summed E-state index contributed by atoms with van der Waals surface area (Å²) in [5.41, 5.74) is 5.46. The predicted molar refractivity (Wildman–Crippen MR) is 59.7 cm³/mol. The minimum atomic E-state index is -1.46. The van der Waals surface area contributed by atoms with Crippen molar-refractivity contribution < 1.29 is 31.8 Å². The maximum Gasteiger partial charge on any atom is 0.0340 e. The molecule has 8 N–H and O–H groups in total. The van der Waals surface area contributed by atoms with Gasteiger partial charge in [-0.3, -0.25) is 0 Å². The summed E-state index contributed by atoms with van der Waals surface area (Å²) in [6.07, 6.45) is 0. The summed E-state index contributed by atoms with van der Waals surface area (Å²) in [4.78, 5) is 8.00. The normalized spacial score (nSPS) is 8.12. The molecular weight excluding hydrogens is 450 g/mol. The first kappa shape index (κ1) is 29.9. The van der Waals surface area contributed by atoms with Crippen LogP contribution in [0.4, 0.5) is 0 Å². The number of hydrogen-bond acceptors (Lipinski definition) is 6. The summed E-state index contributed by atoms with van der Waals surface area (Å²) < 4.78 is 0. The first-order valence-electron chi connectivity index (χ1n) is 2.86. The number of aliphatic hydroxyl groups is 3. The second kappa shape index (κ2) is 24.6. The van der Waals surface area contributed by atoms with Gasteiger partial charge in [-0.2, -0.15) is 0 Å². The van der Waals surface area contributed by atoms with Crippen molar-refractivity contribution in [2.45, 2.75) is 5.54 Å². The third-order valence-electron chi connectivity index (χ3n) is 0.908. The maximum absolute atomic E-state index is 8.28. The molecule has 0 unspecified atom stereocenters. The second-order valence-electron chi connectivity index (χ2n) is 1.87. The second-order valence-corrected chi connectivity index (χ2v) is 5.16. The Morgan fingerprint density at radius 2 is 1.31 bits per heavy atom. The van der Waals surface area contributed by atoms with Crippen LogP contribution in [0.15, 0.2) is 5.34 Å². The van der Waals surface area contributed by atoms with Gasteiger partial charge in [0.25, 0.3) is 0 Å². The fourth-order valence-electron chi connectivity index (χ4n) is 0.150. The van der Waals surface area contributed by atoms with Crippen LogP contribution in [0.5, 0.6) is 0 Å². The number of nitrogens with one attached hydrogen (secondary N) is 1. The van der Waals surface area contributed by atoms with E-state index >= 15 is 0 Å². The minimum absolute atomic E-state index is 0. The van der Waals surface area contributed by atoms with Gasteiger partial charge in [0, 0.05) is 19.8 Å². The van der Waals surface area contributed by atoms with Gasteiger partial charge in [-0.15, -0.1) is 5.34 Å². The Morgan fingerprint density at radius 3 is 1.31 bits per heavy atom. The van der Waals surface area contributed by atoms with Gasteiger partial charge in [0.1, 0.15) is 0 Å². The molecular formula is C4H14Cl2N4O5Pt-4. The Kier molecular flexibility index (Phi) is 46.0. The molecule has 0 rings (SSSR count). The molecule has 0 saturated heterocycles. The van der Waals surface area contributed by atoms with Crippen LogP contribution in [0.25, 0.3) is 18.0 Å². The number of nitrogens with two attached hydrogens (primary N) is 2. The molecule has 0 aliphatic rings. The third kappa shape index (κ3) is 29.3. The molecule has 0 aromatic heterocycles. The van der Waals surface area contributed by atoms with Gasteiger partial charge in [-0.1, -0.05) is 5.54 Å². The molecule has 16 heavy (non-hydrogen) atoms. The number of nitrogens with zero attached hydrogens (tertiary/aromatic N) is 1. The van der Waals surface area contributed by atoms with Crippen LogP contribution in [-0.4, -0.2) is 40.7 Å². The molecule has 0 spiro atoms. The zero-order chi connectivity index (χ0) is 12.0. The Hall–Kier alpha value is 0.428. The van der Waals surface area contributed by atoms with E-state index in [1.54, 1.807) is 0 Å². The quantitative estimate of drug-likeness (QED) is 0.421. The molecule has 108 valence electrons. The van der Waals surface area contributed by atoms with E-state index in [-0.39, 0.29) is 12.3 Å².